The molecule has 1 aromatic carbocycles. The van der Waals surface area contributed by atoms with Crippen LogP contribution in [0, 0.1) is 12.7 Å². The van der Waals surface area contributed by atoms with Crippen molar-refractivity contribution in [3.05, 3.63) is 46.4 Å². The third kappa shape index (κ3) is 2.55. The maximum Gasteiger partial charge on any atom is 0.322 e. The Morgan fingerprint density at radius 2 is 2.12 bits per heavy atom. The summed E-state index contributed by atoms with van der Waals surface area (Å²) in [5.74, 6) is -0.0172. The van der Waals surface area contributed by atoms with Gasteiger partial charge in [-0.1, -0.05) is 0 Å². The Labute approximate surface area is 100 Å². The summed E-state index contributed by atoms with van der Waals surface area (Å²) in [5, 5.41) is 0. The second kappa shape index (κ2) is 4.57. The SMILES string of the molecule is Cc1ccnc(Oc2ccc(Br)c(F)c2)n1. The average molecular weight is 283 g/mol. The molecule has 0 fully saturated rings. The molecule has 1 aromatic heterocycles. The van der Waals surface area contributed by atoms with Crippen molar-refractivity contribution in [1.82, 2.24) is 9.97 Å². The molecule has 2 aromatic rings. The predicted octanol–water partition coefficient (Wildman–Crippen LogP) is 3.48. The molecule has 0 saturated carbocycles. The van der Waals surface area contributed by atoms with Crippen LogP contribution in [0.5, 0.6) is 11.8 Å². The Morgan fingerprint density at radius 1 is 1.31 bits per heavy atom. The summed E-state index contributed by atoms with van der Waals surface area (Å²) in [6, 6.07) is 6.45. The van der Waals surface area contributed by atoms with Crippen molar-refractivity contribution in [3.63, 3.8) is 0 Å². The molecule has 3 nitrogen and oxygen atoms in total. The normalized spacial score (nSPS) is 10.2. The van der Waals surface area contributed by atoms with E-state index in [1.54, 1.807) is 24.4 Å². The van der Waals surface area contributed by atoms with Gasteiger partial charge in [-0.25, -0.2) is 14.4 Å². The zero-order valence-corrected chi connectivity index (χ0v) is 10.0. The summed E-state index contributed by atoms with van der Waals surface area (Å²) >= 11 is 3.06. The Balaban J connectivity index is 2.24. The van der Waals surface area contributed by atoms with Crippen LogP contribution in [0.1, 0.15) is 5.69 Å². The van der Waals surface area contributed by atoms with E-state index in [1.165, 1.54) is 6.07 Å². The lowest BCUT2D eigenvalue weighted by Crippen LogP contribution is -1.93. The van der Waals surface area contributed by atoms with Crippen molar-refractivity contribution in [2.45, 2.75) is 6.92 Å². The van der Waals surface area contributed by atoms with Crippen LogP contribution in [-0.4, -0.2) is 9.97 Å². The number of ether oxygens (including phenoxy) is 1. The largest absolute Gasteiger partial charge is 0.424 e. The summed E-state index contributed by atoms with van der Waals surface area (Å²) in [7, 11) is 0. The van der Waals surface area contributed by atoms with E-state index in [2.05, 4.69) is 25.9 Å². The van der Waals surface area contributed by atoms with Crippen LogP contribution < -0.4 is 4.74 Å². The minimum Gasteiger partial charge on any atom is -0.424 e. The molecule has 0 spiro atoms. The number of aromatic nitrogens is 2. The molecule has 0 bridgehead atoms. The van der Waals surface area contributed by atoms with Crippen molar-refractivity contribution < 1.29 is 9.13 Å². The number of halogens is 2. The van der Waals surface area contributed by atoms with E-state index in [-0.39, 0.29) is 11.8 Å². The fraction of sp³-hybridized carbons (Fsp3) is 0.0909. The number of benzene rings is 1. The molecule has 0 radical (unpaired) electrons. The van der Waals surface area contributed by atoms with Gasteiger partial charge in [0.05, 0.1) is 4.47 Å². The van der Waals surface area contributed by atoms with Crippen molar-refractivity contribution >= 4 is 15.9 Å². The third-order valence-electron chi connectivity index (χ3n) is 1.87. The van der Waals surface area contributed by atoms with Gasteiger partial charge in [-0.3, -0.25) is 0 Å². The van der Waals surface area contributed by atoms with Crippen LogP contribution in [0.3, 0.4) is 0 Å². The van der Waals surface area contributed by atoms with Gasteiger partial charge in [0, 0.05) is 18.0 Å². The Bertz CT molecular complexity index is 519. The number of hydrogen-bond donors (Lipinski definition) is 0. The highest BCUT2D eigenvalue weighted by atomic mass is 79.9. The first kappa shape index (κ1) is 11.0. The second-order valence-electron chi connectivity index (χ2n) is 3.16. The van der Waals surface area contributed by atoms with E-state index >= 15 is 0 Å². The van der Waals surface area contributed by atoms with Crippen LogP contribution in [0.4, 0.5) is 4.39 Å². The van der Waals surface area contributed by atoms with Gasteiger partial charge < -0.3 is 4.74 Å². The van der Waals surface area contributed by atoms with Gasteiger partial charge in [-0.05, 0) is 41.1 Å². The van der Waals surface area contributed by atoms with Crippen molar-refractivity contribution in [1.29, 1.82) is 0 Å². The summed E-state index contributed by atoms with van der Waals surface area (Å²) in [4.78, 5) is 7.97. The Hall–Kier alpha value is -1.49. The first-order valence-electron chi connectivity index (χ1n) is 4.58. The third-order valence-corrected chi connectivity index (χ3v) is 2.52. The van der Waals surface area contributed by atoms with Gasteiger partial charge in [0.25, 0.3) is 0 Å². The quantitative estimate of drug-likeness (QED) is 0.846. The molecule has 0 aliphatic rings. The van der Waals surface area contributed by atoms with E-state index in [0.717, 1.165) is 5.69 Å². The van der Waals surface area contributed by atoms with Gasteiger partial charge in [0.1, 0.15) is 11.6 Å². The first-order chi connectivity index (χ1) is 7.65. The fourth-order valence-electron chi connectivity index (χ4n) is 1.12. The van der Waals surface area contributed by atoms with Gasteiger partial charge in [-0.15, -0.1) is 0 Å². The molecule has 0 amide bonds. The minimum atomic E-state index is -0.384. The van der Waals surface area contributed by atoms with Crippen molar-refractivity contribution in [2.75, 3.05) is 0 Å². The van der Waals surface area contributed by atoms with Gasteiger partial charge >= 0.3 is 6.01 Å². The number of aryl methyl sites for hydroxylation is 1. The number of rotatable bonds is 2. The smallest absolute Gasteiger partial charge is 0.322 e. The minimum absolute atomic E-state index is 0.210. The molecule has 82 valence electrons. The van der Waals surface area contributed by atoms with E-state index in [1.807, 2.05) is 6.92 Å². The molecule has 16 heavy (non-hydrogen) atoms. The molecule has 0 N–H and O–H groups in total. The molecular formula is C11H8BrFN2O. The molecule has 5 heteroatoms. The zero-order valence-electron chi connectivity index (χ0n) is 8.45. The fourth-order valence-corrected chi connectivity index (χ4v) is 1.37. The van der Waals surface area contributed by atoms with Crippen molar-refractivity contribution in [2.24, 2.45) is 0 Å². The molecule has 0 aliphatic carbocycles. The van der Waals surface area contributed by atoms with E-state index in [9.17, 15) is 4.39 Å². The molecule has 0 unspecified atom stereocenters. The topological polar surface area (TPSA) is 35.0 Å². The number of nitrogens with zero attached hydrogens (tertiary/aromatic N) is 2. The molecule has 0 saturated heterocycles. The summed E-state index contributed by atoms with van der Waals surface area (Å²) in [5.41, 5.74) is 0.794. The standard InChI is InChI=1S/C11H8BrFN2O/c1-7-4-5-14-11(15-7)16-8-2-3-9(12)10(13)6-8/h2-6H,1H3. The van der Waals surface area contributed by atoms with Gasteiger partial charge in [0.15, 0.2) is 0 Å². The molecule has 0 atom stereocenters. The van der Waals surface area contributed by atoms with E-state index in [4.69, 9.17) is 4.74 Å². The predicted molar refractivity (Wildman–Crippen MR) is 60.9 cm³/mol. The molecule has 1 heterocycles. The van der Waals surface area contributed by atoms with E-state index in [0.29, 0.717) is 10.2 Å². The molecule has 0 aliphatic heterocycles. The van der Waals surface area contributed by atoms with Gasteiger partial charge in [0.2, 0.25) is 0 Å². The lowest BCUT2D eigenvalue weighted by Gasteiger charge is -2.04. The highest BCUT2D eigenvalue weighted by Gasteiger charge is 2.04. The summed E-state index contributed by atoms with van der Waals surface area (Å²) < 4.78 is 18.9. The highest BCUT2D eigenvalue weighted by Crippen LogP contribution is 2.23. The summed E-state index contributed by atoms with van der Waals surface area (Å²) in [6.07, 6.45) is 1.59. The average Bonchev–Trinajstić information content (AvgIpc) is 2.24. The lowest BCUT2D eigenvalue weighted by atomic mass is 10.3. The van der Waals surface area contributed by atoms with Crippen molar-refractivity contribution in [3.8, 4) is 11.8 Å². The lowest BCUT2D eigenvalue weighted by molar-refractivity contribution is 0.436. The Morgan fingerprint density at radius 3 is 2.81 bits per heavy atom. The second-order valence-corrected chi connectivity index (χ2v) is 4.01. The van der Waals surface area contributed by atoms with Crippen LogP contribution >= 0.6 is 15.9 Å². The maximum absolute atomic E-state index is 13.2. The number of hydrogen-bond acceptors (Lipinski definition) is 3. The molecule has 2 rings (SSSR count). The zero-order chi connectivity index (χ0) is 11.5. The highest BCUT2D eigenvalue weighted by molar-refractivity contribution is 9.10. The molecular weight excluding hydrogens is 275 g/mol. The van der Waals surface area contributed by atoms with Crippen LogP contribution in [0.25, 0.3) is 0 Å². The van der Waals surface area contributed by atoms with Crippen LogP contribution in [0.15, 0.2) is 34.9 Å². The first-order valence-corrected chi connectivity index (χ1v) is 5.37. The monoisotopic (exact) mass is 282 g/mol. The van der Waals surface area contributed by atoms with Crippen LogP contribution in [-0.2, 0) is 0 Å². The summed E-state index contributed by atoms with van der Waals surface area (Å²) in [6.45, 7) is 1.83. The Kier molecular flexibility index (Phi) is 3.14. The van der Waals surface area contributed by atoms with Crippen LogP contribution in [0.2, 0.25) is 0 Å². The van der Waals surface area contributed by atoms with Gasteiger partial charge in [-0.2, -0.15) is 0 Å². The van der Waals surface area contributed by atoms with E-state index < -0.39 is 0 Å². The maximum atomic E-state index is 13.2.